The number of rotatable bonds is 4. The molecule has 0 fully saturated rings. The smallest absolute Gasteiger partial charge is 0.297 e. The van der Waals surface area contributed by atoms with Gasteiger partial charge in [-0.25, -0.2) is 8.42 Å². The normalized spacial score (nSPS) is 11.3. The molecular weight excluding hydrogens is 408 g/mol. The Labute approximate surface area is 136 Å². The molecule has 11 heteroatoms. The maximum atomic E-state index is 12.2. The van der Waals surface area contributed by atoms with E-state index in [1.54, 1.807) is 0 Å². The molecule has 1 aromatic heterocycles. The molecule has 2 rings (SSSR count). The highest BCUT2D eigenvalue weighted by atomic mass is 79.9. The van der Waals surface area contributed by atoms with Gasteiger partial charge in [0.2, 0.25) is 0 Å². The fraction of sp³-hybridized carbons (Fsp3) is 0. The van der Waals surface area contributed by atoms with E-state index in [4.69, 9.17) is 11.6 Å². The highest BCUT2D eigenvalue weighted by molar-refractivity contribution is 9.11. The van der Waals surface area contributed by atoms with Crippen LogP contribution in [-0.2, 0) is 10.0 Å². The number of phenols is 1. The van der Waals surface area contributed by atoms with Crippen LogP contribution in [0.3, 0.4) is 0 Å². The first-order chi connectivity index (χ1) is 9.70. The summed E-state index contributed by atoms with van der Waals surface area (Å²) in [5, 5.41) is 20.3. The van der Waals surface area contributed by atoms with Gasteiger partial charge in [-0.15, -0.1) is 11.3 Å². The average molecular weight is 414 g/mol. The zero-order valence-electron chi connectivity index (χ0n) is 9.91. The Hall–Kier alpha value is -1.36. The van der Waals surface area contributed by atoms with E-state index in [1.807, 2.05) is 0 Å². The van der Waals surface area contributed by atoms with Crippen molar-refractivity contribution < 1.29 is 18.4 Å². The number of nitrogens with zero attached hydrogens (tertiary/aromatic N) is 1. The summed E-state index contributed by atoms with van der Waals surface area (Å²) < 4.78 is 26.8. The third kappa shape index (κ3) is 3.46. The Morgan fingerprint density at radius 3 is 2.57 bits per heavy atom. The molecule has 0 atom stereocenters. The van der Waals surface area contributed by atoms with Gasteiger partial charge in [0.15, 0.2) is 0 Å². The predicted molar refractivity (Wildman–Crippen MR) is 82.6 cm³/mol. The summed E-state index contributed by atoms with van der Waals surface area (Å²) in [5.41, 5.74) is -0.807. The van der Waals surface area contributed by atoms with Crippen molar-refractivity contribution >= 4 is 60.3 Å². The minimum atomic E-state index is -4.02. The van der Waals surface area contributed by atoms with Crippen molar-refractivity contribution in [3.05, 3.63) is 43.2 Å². The Kier molecular flexibility index (Phi) is 4.42. The van der Waals surface area contributed by atoms with Crippen LogP contribution >= 0.6 is 38.9 Å². The molecular formula is C10H6BrClN2O5S2. The SMILES string of the molecule is O=[N+]([O-])c1cc(O)ccc1NS(=O)(=O)c1cc(Cl)c(Br)s1. The second-order valence-corrected chi connectivity index (χ2v) is 8.44. The fourth-order valence-electron chi connectivity index (χ4n) is 1.41. The minimum Gasteiger partial charge on any atom is -0.508 e. The maximum Gasteiger partial charge on any atom is 0.297 e. The van der Waals surface area contributed by atoms with Gasteiger partial charge in [0, 0.05) is 0 Å². The van der Waals surface area contributed by atoms with Crippen molar-refractivity contribution in [2.45, 2.75) is 4.21 Å². The van der Waals surface area contributed by atoms with Crippen molar-refractivity contribution in [1.29, 1.82) is 0 Å². The van der Waals surface area contributed by atoms with E-state index < -0.39 is 20.6 Å². The number of nitro benzene ring substituents is 1. The lowest BCUT2D eigenvalue weighted by Gasteiger charge is -2.07. The highest BCUT2D eigenvalue weighted by Gasteiger charge is 2.23. The standard InChI is InChI=1S/C10H6BrClN2O5S2/c11-10-6(12)4-9(20-10)21(18,19)13-7-2-1-5(15)3-8(7)14(16)17/h1-4,13,15H. The lowest BCUT2D eigenvalue weighted by molar-refractivity contribution is -0.384. The molecule has 0 unspecified atom stereocenters. The predicted octanol–water partition coefficient (Wildman–Crippen LogP) is 3.58. The second kappa shape index (κ2) is 5.79. The number of nitrogens with one attached hydrogen (secondary N) is 1. The number of aromatic hydroxyl groups is 1. The Morgan fingerprint density at radius 2 is 2.05 bits per heavy atom. The van der Waals surface area contributed by atoms with Crippen LogP contribution in [-0.4, -0.2) is 18.4 Å². The number of hydrogen-bond acceptors (Lipinski definition) is 6. The summed E-state index contributed by atoms with van der Waals surface area (Å²) in [5.74, 6) is -0.341. The summed E-state index contributed by atoms with van der Waals surface area (Å²) >= 11 is 9.74. The van der Waals surface area contributed by atoms with E-state index in [9.17, 15) is 23.6 Å². The van der Waals surface area contributed by atoms with Gasteiger partial charge in [-0.05, 0) is 34.1 Å². The van der Waals surface area contributed by atoms with Crippen LogP contribution in [0.15, 0.2) is 32.3 Å². The van der Waals surface area contributed by atoms with E-state index in [0.717, 1.165) is 29.5 Å². The molecule has 0 saturated heterocycles. The first-order valence-electron chi connectivity index (χ1n) is 5.16. The van der Waals surface area contributed by atoms with E-state index in [1.165, 1.54) is 6.07 Å². The first kappa shape index (κ1) is 16.0. The lowest BCUT2D eigenvalue weighted by Crippen LogP contribution is -2.12. The molecule has 0 radical (unpaired) electrons. The van der Waals surface area contributed by atoms with Gasteiger partial charge in [-0.1, -0.05) is 11.6 Å². The molecule has 0 aliphatic heterocycles. The summed E-state index contributed by atoms with van der Waals surface area (Å²) in [7, 11) is -4.02. The zero-order valence-corrected chi connectivity index (χ0v) is 13.9. The Bertz CT molecular complexity index is 801. The van der Waals surface area contributed by atoms with E-state index in [-0.39, 0.29) is 20.7 Å². The quantitative estimate of drug-likeness (QED) is 0.452. The number of halogens is 2. The molecule has 0 aliphatic rings. The van der Waals surface area contributed by atoms with Crippen LogP contribution in [0.5, 0.6) is 5.75 Å². The zero-order chi connectivity index (χ0) is 15.8. The van der Waals surface area contributed by atoms with E-state index in [0.29, 0.717) is 3.79 Å². The van der Waals surface area contributed by atoms with Gasteiger partial charge in [-0.2, -0.15) is 0 Å². The van der Waals surface area contributed by atoms with E-state index >= 15 is 0 Å². The van der Waals surface area contributed by atoms with Crippen LogP contribution in [0.25, 0.3) is 0 Å². The van der Waals surface area contributed by atoms with E-state index in [2.05, 4.69) is 20.7 Å². The molecule has 112 valence electrons. The first-order valence-corrected chi connectivity index (χ1v) is 8.63. The number of sulfonamides is 1. The summed E-state index contributed by atoms with van der Waals surface area (Å²) in [6, 6.07) is 4.33. The molecule has 0 spiro atoms. The minimum absolute atomic E-state index is 0.0956. The van der Waals surface area contributed by atoms with Crippen molar-refractivity contribution in [2.75, 3.05) is 4.72 Å². The van der Waals surface area contributed by atoms with Crippen molar-refractivity contribution in [3.63, 3.8) is 0 Å². The van der Waals surface area contributed by atoms with Gasteiger partial charge < -0.3 is 5.11 Å². The topological polar surface area (TPSA) is 110 Å². The molecule has 0 saturated carbocycles. The Morgan fingerprint density at radius 1 is 1.38 bits per heavy atom. The van der Waals surface area contributed by atoms with Gasteiger partial charge >= 0.3 is 0 Å². The van der Waals surface area contributed by atoms with Crippen molar-refractivity contribution in [2.24, 2.45) is 0 Å². The van der Waals surface area contributed by atoms with Crippen molar-refractivity contribution in [1.82, 2.24) is 0 Å². The largest absolute Gasteiger partial charge is 0.508 e. The molecule has 2 aromatic rings. The Balaban J connectivity index is 2.44. The van der Waals surface area contributed by atoms with Crippen LogP contribution in [0.1, 0.15) is 0 Å². The van der Waals surface area contributed by atoms with Crippen LogP contribution < -0.4 is 4.72 Å². The number of benzene rings is 1. The van der Waals surface area contributed by atoms with Crippen molar-refractivity contribution in [3.8, 4) is 5.75 Å². The third-order valence-electron chi connectivity index (χ3n) is 2.31. The number of phenolic OH excluding ortho intramolecular Hbond substituents is 1. The molecule has 1 heterocycles. The fourth-order valence-corrected chi connectivity index (χ4v) is 4.88. The second-order valence-electron chi connectivity index (χ2n) is 3.75. The number of anilines is 1. The molecule has 0 amide bonds. The lowest BCUT2D eigenvalue weighted by atomic mass is 10.2. The van der Waals surface area contributed by atoms with Gasteiger partial charge in [0.05, 0.1) is 19.8 Å². The molecule has 7 nitrogen and oxygen atoms in total. The average Bonchev–Trinajstić information content (AvgIpc) is 2.72. The van der Waals surface area contributed by atoms with Crippen LogP contribution in [0.2, 0.25) is 5.02 Å². The monoisotopic (exact) mass is 412 g/mol. The van der Waals surface area contributed by atoms with Crippen LogP contribution in [0.4, 0.5) is 11.4 Å². The van der Waals surface area contributed by atoms with Gasteiger partial charge in [0.1, 0.15) is 15.6 Å². The summed E-state index contributed by atoms with van der Waals surface area (Å²) in [6.07, 6.45) is 0. The highest BCUT2D eigenvalue weighted by Crippen LogP contribution is 2.36. The number of thiophene rings is 1. The maximum absolute atomic E-state index is 12.2. The van der Waals surface area contributed by atoms with Crippen LogP contribution in [0, 0.1) is 10.1 Å². The summed E-state index contributed by atoms with van der Waals surface area (Å²) in [4.78, 5) is 10.1. The van der Waals surface area contributed by atoms with Gasteiger partial charge in [-0.3, -0.25) is 14.8 Å². The number of hydrogen-bond donors (Lipinski definition) is 2. The molecule has 0 aliphatic carbocycles. The molecule has 2 N–H and O–H groups in total. The third-order valence-corrected chi connectivity index (χ3v) is 6.62. The molecule has 1 aromatic carbocycles. The number of nitro groups is 1. The molecule has 0 bridgehead atoms. The van der Waals surface area contributed by atoms with Gasteiger partial charge in [0.25, 0.3) is 15.7 Å². The summed E-state index contributed by atoms with van der Waals surface area (Å²) in [6.45, 7) is 0. The molecule has 21 heavy (non-hydrogen) atoms.